The van der Waals surface area contributed by atoms with Gasteiger partial charge >= 0.3 is 0 Å². The molecule has 1 fully saturated rings. The summed E-state index contributed by atoms with van der Waals surface area (Å²) < 4.78 is 0. The molecule has 0 saturated carbocycles. The first-order valence-corrected chi connectivity index (χ1v) is 8.43. The van der Waals surface area contributed by atoms with Gasteiger partial charge in [-0.05, 0) is 51.1 Å². The summed E-state index contributed by atoms with van der Waals surface area (Å²) in [5.41, 5.74) is 0. The van der Waals surface area contributed by atoms with E-state index in [0.717, 1.165) is 25.0 Å². The molecule has 0 spiro atoms. The van der Waals surface area contributed by atoms with Crippen molar-refractivity contribution < 1.29 is 0 Å². The highest BCUT2D eigenvalue weighted by Gasteiger charge is 2.15. The summed E-state index contributed by atoms with van der Waals surface area (Å²) in [5.74, 6) is 1.84. The lowest BCUT2D eigenvalue weighted by atomic mass is 10.0. The summed E-state index contributed by atoms with van der Waals surface area (Å²) in [6.45, 7) is 10.5. The van der Waals surface area contributed by atoms with Crippen LogP contribution < -0.4 is 10.6 Å². The molecule has 5 heteroatoms. The van der Waals surface area contributed by atoms with Gasteiger partial charge in [-0.25, -0.2) is 0 Å². The monoisotopic (exact) mass is 410 g/mol. The van der Waals surface area contributed by atoms with Crippen molar-refractivity contribution in [3.8, 4) is 0 Å². The molecule has 0 aromatic rings. The number of nitrogens with zero attached hydrogens (tertiary/aromatic N) is 2. The third-order valence-electron chi connectivity index (χ3n) is 3.98. The zero-order valence-electron chi connectivity index (χ0n) is 14.2. The number of guanidine groups is 1. The zero-order valence-corrected chi connectivity index (χ0v) is 16.5. The molecular weight excluding hydrogens is 375 g/mol. The quantitative estimate of drug-likeness (QED) is 0.280. The average molecular weight is 410 g/mol. The zero-order chi connectivity index (χ0) is 14.6. The lowest BCUT2D eigenvalue weighted by Gasteiger charge is -2.30. The molecule has 1 heterocycles. The third kappa shape index (κ3) is 10.3. The molecule has 2 N–H and O–H groups in total. The second-order valence-electron chi connectivity index (χ2n) is 6.03. The molecule has 1 unspecified atom stereocenters. The minimum absolute atomic E-state index is 0. The van der Waals surface area contributed by atoms with Gasteiger partial charge in [0.2, 0.25) is 0 Å². The van der Waals surface area contributed by atoms with Crippen LogP contribution in [0.5, 0.6) is 0 Å². The van der Waals surface area contributed by atoms with Crippen molar-refractivity contribution in [2.75, 3.05) is 39.8 Å². The van der Waals surface area contributed by atoms with Crippen molar-refractivity contribution >= 4 is 29.9 Å². The molecule has 21 heavy (non-hydrogen) atoms. The largest absolute Gasteiger partial charge is 0.356 e. The topological polar surface area (TPSA) is 39.7 Å². The van der Waals surface area contributed by atoms with E-state index in [-0.39, 0.29) is 24.0 Å². The predicted octanol–water partition coefficient (Wildman–Crippen LogP) is 3.08. The van der Waals surface area contributed by atoms with E-state index in [0.29, 0.717) is 0 Å². The van der Waals surface area contributed by atoms with Crippen molar-refractivity contribution in [1.29, 1.82) is 0 Å². The maximum atomic E-state index is 4.24. The Morgan fingerprint density at radius 2 is 1.90 bits per heavy atom. The highest BCUT2D eigenvalue weighted by atomic mass is 127. The number of nitrogens with one attached hydrogen (secondary N) is 2. The predicted molar refractivity (Wildman–Crippen MR) is 104 cm³/mol. The fraction of sp³-hybridized carbons (Fsp3) is 0.938. The first-order valence-electron chi connectivity index (χ1n) is 8.43. The SMILES string of the molecule is CCCCNC(=NC)NCCCCN1CCCC(C)C1.I. The number of piperidine rings is 1. The van der Waals surface area contributed by atoms with Gasteiger partial charge in [-0.1, -0.05) is 20.3 Å². The van der Waals surface area contributed by atoms with Gasteiger partial charge in [-0.3, -0.25) is 4.99 Å². The van der Waals surface area contributed by atoms with Gasteiger partial charge in [0.15, 0.2) is 5.96 Å². The fourth-order valence-electron chi connectivity index (χ4n) is 2.76. The maximum Gasteiger partial charge on any atom is 0.190 e. The van der Waals surface area contributed by atoms with Crippen LogP contribution in [0.1, 0.15) is 52.4 Å². The van der Waals surface area contributed by atoms with Crippen LogP contribution in [0.2, 0.25) is 0 Å². The molecule has 1 aliphatic heterocycles. The Hall–Kier alpha value is -0.0400. The van der Waals surface area contributed by atoms with Gasteiger partial charge in [0.25, 0.3) is 0 Å². The van der Waals surface area contributed by atoms with E-state index in [2.05, 4.69) is 34.4 Å². The maximum absolute atomic E-state index is 4.24. The van der Waals surface area contributed by atoms with E-state index in [9.17, 15) is 0 Å². The molecule has 1 rings (SSSR count). The number of aliphatic imine (C=N–C) groups is 1. The second kappa shape index (κ2) is 13.6. The van der Waals surface area contributed by atoms with E-state index in [1.165, 1.54) is 58.2 Å². The highest BCUT2D eigenvalue weighted by Crippen LogP contribution is 2.15. The highest BCUT2D eigenvalue weighted by molar-refractivity contribution is 14.0. The molecule has 126 valence electrons. The molecule has 1 aliphatic rings. The number of rotatable bonds is 8. The number of halogens is 1. The first-order chi connectivity index (χ1) is 9.76. The summed E-state index contributed by atoms with van der Waals surface area (Å²) in [6.07, 6.45) is 7.72. The Kier molecular flexibility index (Phi) is 13.6. The number of unbranched alkanes of at least 4 members (excludes halogenated alkanes) is 2. The summed E-state index contributed by atoms with van der Waals surface area (Å²) in [4.78, 5) is 6.87. The molecule has 0 amide bonds. The van der Waals surface area contributed by atoms with Crippen LogP contribution in [0, 0.1) is 5.92 Å². The van der Waals surface area contributed by atoms with E-state index < -0.39 is 0 Å². The molecule has 0 bridgehead atoms. The molecule has 1 atom stereocenters. The number of hydrogen-bond acceptors (Lipinski definition) is 2. The molecule has 0 radical (unpaired) electrons. The molecule has 4 nitrogen and oxygen atoms in total. The van der Waals surface area contributed by atoms with E-state index in [4.69, 9.17) is 0 Å². The smallest absolute Gasteiger partial charge is 0.190 e. The Labute approximate surface area is 148 Å². The van der Waals surface area contributed by atoms with Gasteiger partial charge in [0.1, 0.15) is 0 Å². The molecule has 0 aliphatic carbocycles. The van der Waals surface area contributed by atoms with Crippen LogP contribution in [0.4, 0.5) is 0 Å². The van der Waals surface area contributed by atoms with Crippen LogP contribution in [0.25, 0.3) is 0 Å². The normalized spacial score (nSPS) is 20.0. The summed E-state index contributed by atoms with van der Waals surface area (Å²) in [5, 5.41) is 6.74. The number of hydrogen-bond donors (Lipinski definition) is 2. The summed E-state index contributed by atoms with van der Waals surface area (Å²) in [7, 11) is 1.84. The summed E-state index contributed by atoms with van der Waals surface area (Å²) in [6, 6.07) is 0. The molecule has 0 aromatic carbocycles. The van der Waals surface area contributed by atoms with Crippen molar-refractivity contribution in [2.24, 2.45) is 10.9 Å². The fourth-order valence-corrected chi connectivity index (χ4v) is 2.76. The third-order valence-corrected chi connectivity index (χ3v) is 3.98. The van der Waals surface area contributed by atoms with Crippen LogP contribution in [-0.4, -0.2) is 50.6 Å². The van der Waals surface area contributed by atoms with Gasteiger partial charge < -0.3 is 15.5 Å². The minimum Gasteiger partial charge on any atom is -0.356 e. The van der Waals surface area contributed by atoms with E-state index >= 15 is 0 Å². The molecular formula is C16H35IN4. The van der Waals surface area contributed by atoms with Crippen LogP contribution in [-0.2, 0) is 0 Å². The Morgan fingerprint density at radius 1 is 1.19 bits per heavy atom. The van der Waals surface area contributed by atoms with Crippen LogP contribution in [0.3, 0.4) is 0 Å². The second-order valence-corrected chi connectivity index (χ2v) is 6.03. The minimum atomic E-state index is 0. The Balaban J connectivity index is 0.00000400. The van der Waals surface area contributed by atoms with E-state index in [1.807, 2.05) is 7.05 Å². The summed E-state index contributed by atoms with van der Waals surface area (Å²) >= 11 is 0. The van der Waals surface area contributed by atoms with Gasteiger partial charge in [-0.15, -0.1) is 24.0 Å². The standard InChI is InChI=1S/C16H34N4.HI/c1-4-5-10-18-16(17-3)19-11-6-7-12-20-13-8-9-15(2)14-20;/h15H,4-14H2,1-3H3,(H2,17,18,19);1H. The van der Waals surface area contributed by atoms with Crippen molar-refractivity contribution in [2.45, 2.75) is 52.4 Å². The van der Waals surface area contributed by atoms with Crippen molar-refractivity contribution in [3.63, 3.8) is 0 Å². The Morgan fingerprint density at radius 3 is 2.52 bits per heavy atom. The average Bonchev–Trinajstić information content (AvgIpc) is 2.45. The van der Waals surface area contributed by atoms with Crippen molar-refractivity contribution in [3.05, 3.63) is 0 Å². The lowest BCUT2D eigenvalue weighted by molar-refractivity contribution is 0.181. The Bertz CT molecular complexity index is 271. The van der Waals surface area contributed by atoms with Gasteiger partial charge in [-0.2, -0.15) is 0 Å². The van der Waals surface area contributed by atoms with E-state index in [1.54, 1.807) is 0 Å². The molecule has 1 saturated heterocycles. The first kappa shape index (κ1) is 21.0. The van der Waals surface area contributed by atoms with Gasteiger partial charge in [0.05, 0.1) is 0 Å². The van der Waals surface area contributed by atoms with Crippen LogP contribution in [0.15, 0.2) is 4.99 Å². The van der Waals surface area contributed by atoms with Crippen molar-refractivity contribution in [1.82, 2.24) is 15.5 Å². The number of likely N-dealkylation sites (tertiary alicyclic amines) is 1. The van der Waals surface area contributed by atoms with Gasteiger partial charge in [0, 0.05) is 26.7 Å². The lowest BCUT2D eigenvalue weighted by Crippen LogP contribution is -2.38. The van der Waals surface area contributed by atoms with Crippen LogP contribution >= 0.6 is 24.0 Å². The molecule has 0 aromatic heterocycles.